The van der Waals surface area contributed by atoms with Gasteiger partial charge in [0.2, 0.25) is 5.91 Å². The fourth-order valence-electron chi connectivity index (χ4n) is 3.28. The van der Waals surface area contributed by atoms with Crippen molar-refractivity contribution in [3.8, 4) is 0 Å². The summed E-state index contributed by atoms with van der Waals surface area (Å²) in [4.78, 5) is 36.5. The number of hydrogen-bond acceptors (Lipinski definition) is 4. The summed E-state index contributed by atoms with van der Waals surface area (Å²) in [5, 5.41) is 14.6. The minimum Gasteiger partial charge on any atom is -0.481 e. The van der Waals surface area contributed by atoms with Crippen molar-refractivity contribution >= 4 is 23.6 Å². The quantitative estimate of drug-likeness (QED) is 0.546. The number of benzene rings is 1. The maximum Gasteiger partial charge on any atom is 0.319 e. The molecule has 8 heteroatoms. The van der Waals surface area contributed by atoms with Gasteiger partial charge in [0.05, 0.1) is 12.5 Å². The SMILES string of the molecule is CC(C)CC(CNC(=O)Nc1ccc2c(c1)CN(CC(N)=O)CC2)C(=O)O. The first-order valence-corrected chi connectivity index (χ1v) is 9.14. The number of amides is 3. The molecule has 1 aromatic carbocycles. The number of hydrogen-bond donors (Lipinski definition) is 4. The number of carboxylic acids is 1. The van der Waals surface area contributed by atoms with Gasteiger partial charge in [-0.25, -0.2) is 4.79 Å². The Labute approximate surface area is 159 Å². The third kappa shape index (κ3) is 6.56. The molecule has 0 aromatic heterocycles. The van der Waals surface area contributed by atoms with Gasteiger partial charge >= 0.3 is 12.0 Å². The van der Waals surface area contributed by atoms with E-state index >= 15 is 0 Å². The van der Waals surface area contributed by atoms with Crippen molar-refractivity contribution in [3.05, 3.63) is 29.3 Å². The molecule has 1 aliphatic rings. The number of anilines is 1. The second-order valence-corrected chi connectivity index (χ2v) is 7.41. The van der Waals surface area contributed by atoms with E-state index in [0.717, 1.165) is 18.5 Å². The van der Waals surface area contributed by atoms with Crippen molar-refractivity contribution in [2.24, 2.45) is 17.6 Å². The van der Waals surface area contributed by atoms with Crippen LogP contribution in [-0.2, 0) is 22.6 Å². The van der Waals surface area contributed by atoms with Crippen LogP contribution in [0.3, 0.4) is 0 Å². The van der Waals surface area contributed by atoms with Gasteiger partial charge in [-0.15, -0.1) is 0 Å². The lowest BCUT2D eigenvalue weighted by Crippen LogP contribution is -2.38. The monoisotopic (exact) mass is 376 g/mol. The van der Waals surface area contributed by atoms with E-state index in [4.69, 9.17) is 5.73 Å². The zero-order valence-corrected chi connectivity index (χ0v) is 15.8. The van der Waals surface area contributed by atoms with E-state index in [1.165, 1.54) is 5.56 Å². The number of primary amides is 1. The molecule has 0 spiro atoms. The summed E-state index contributed by atoms with van der Waals surface area (Å²) in [5.74, 6) is -1.64. The fourth-order valence-corrected chi connectivity index (χ4v) is 3.28. The first kappa shape index (κ1) is 20.7. The molecule has 0 fully saturated rings. The maximum absolute atomic E-state index is 12.1. The molecule has 0 radical (unpaired) electrons. The highest BCUT2D eigenvalue weighted by molar-refractivity contribution is 5.89. The van der Waals surface area contributed by atoms with Gasteiger partial charge in [-0.05, 0) is 42.0 Å². The number of nitrogens with two attached hydrogens (primary N) is 1. The Morgan fingerprint density at radius 3 is 2.63 bits per heavy atom. The van der Waals surface area contributed by atoms with Crippen LogP contribution in [0.25, 0.3) is 0 Å². The van der Waals surface area contributed by atoms with Gasteiger partial charge in [0.1, 0.15) is 0 Å². The number of carbonyl (C=O) groups is 3. The second kappa shape index (κ2) is 9.36. The smallest absolute Gasteiger partial charge is 0.319 e. The van der Waals surface area contributed by atoms with E-state index in [0.29, 0.717) is 18.7 Å². The molecule has 1 aromatic rings. The van der Waals surface area contributed by atoms with Crippen LogP contribution in [-0.4, -0.2) is 47.5 Å². The molecule has 0 bridgehead atoms. The third-order valence-electron chi connectivity index (χ3n) is 4.55. The molecule has 148 valence electrons. The minimum atomic E-state index is -0.910. The molecule has 1 aliphatic heterocycles. The molecule has 5 N–H and O–H groups in total. The van der Waals surface area contributed by atoms with Crippen LogP contribution in [0.1, 0.15) is 31.4 Å². The lowest BCUT2D eigenvalue weighted by Gasteiger charge is -2.28. The highest BCUT2D eigenvalue weighted by Gasteiger charge is 2.20. The summed E-state index contributed by atoms with van der Waals surface area (Å²) in [5.41, 5.74) is 8.12. The molecule has 1 unspecified atom stereocenters. The Bertz CT molecular complexity index is 705. The average molecular weight is 376 g/mol. The molecule has 27 heavy (non-hydrogen) atoms. The molecular formula is C19H28N4O4. The Morgan fingerprint density at radius 1 is 1.26 bits per heavy atom. The fraction of sp³-hybridized carbons (Fsp3) is 0.526. The lowest BCUT2D eigenvalue weighted by atomic mass is 9.97. The van der Waals surface area contributed by atoms with Crippen LogP contribution in [0, 0.1) is 11.8 Å². The minimum absolute atomic E-state index is 0.0800. The predicted molar refractivity (Wildman–Crippen MR) is 102 cm³/mol. The Hall–Kier alpha value is -2.61. The van der Waals surface area contributed by atoms with Gasteiger partial charge in [-0.2, -0.15) is 0 Å². The first-order chi connectivity index (χ1) is 12.7. The van der Waals surface area contributed by atoms with Gasteiger partial charge < -0.3 is 21.5 Å². The first-order valence-electron chi connectivity index (χ1n) is 9.14. The summed E-state index contributed by atoms with van der Waals surface area (Å²) in [7, 11) is 0. The Kier molecular flexibility index (Phi) is 7.18. The second-order valence-electron chi connectivity index (χ2n) is 7.41. The topological polar surface area (TPSA) is 125 Å². The van der Waals surface area contributed by atoms with Gasteiger partial charge in [0.25, 0.3) is 0 Å². The van der Waals surface area contributed by atoms with E-state index in [1.807, 2.05) is 36.9 Å². The number of urea groups is 1. The number of nitrogens with one attached hydrogen (secondary N) is 2. The van der Waals surface area contributed by atoms with Crippen LogP contribution in [0.5, 0.6) is 0 Å². The standard InChI is InChI=1S/C19H28N4O4/c1-12(2)7-14(18(25)26)9-21-19(27)22-16-4-3-13-5-6-23(11-17(20)24)10-15(13)8-16/h3-4,8,12,14H,5-7,9-11H2,1-2H3,(H2,20,24)(H,25,26)(H2,21,22,27). The molecule has 1 heterocycles. The molecule has 0 saturated heterocycles. The van der Waals surface area contributed by atoms with Crippen molar-refractivity contribution in [2.45, 2.75) is 33.2 Å². The summed E-state index contributed by atoms with van der Waals surface area (Å²) in [6, 6.07) is 5.23. The van der Waals surface area contributed by atoms with E-state index in [2.05, 4.69) is 10.6 Å². The summed E-state index contributed by atoms with van der Waals surface area (Å²) < 4.78 is 0. The summed E-state index contributed by atoms with van der Waals surface area (Å²) in [6.07, 6.45) is 1.33. The normalized spacial score (nSPS) is 15.1. The van der Waals surface area contributed by atoms with Crippen LogP contribution in [0.2, 0.25) is 0 Å². The van der Waals surface area contributed by atoms with Crippen LogP contribution in [0.15, 0.2) is 18.2 Å². The number of carboxylic acid groups (broad SMARTS) is 1. The van der Waals surface area contributed by atoms with Gasteiger partial charge in [0.15, 0.2) is 0 Å². The summed E-state index contributed by atoms with van der Waals surface area (Å²) >= 11 is 0. The number of carbonyl (C=O) groups excluding carboxylic acids is 2. The molecule has 1 atom stereocenters. The van der Waals surface area contributed by atoms with Crippen LogP contribution < -0.4 is 16.4 Å². The number of rotatable bonds is 8. The van der Waals surface area contributed by atoms with Crippen molar-refractivity contribution in [1.29, 1.82) is 0 Å². The van der Waals surface area contributed by atoms with Crippen molar-refractivity contribution in [1.82, 2.24) is 10.2 Å². The number of aliphatic carboxylic acids is 1. The van der Waals surface area contributed by atoms with Gasteiger partial charge in [-0.1, -0.05) is 19.9 Å². The predicted octanol–water partition coefficient (Wildman–Crippen LogP) is 1.40. The average Bonchev–Trinajstić information content (AvgIpc) is 2.57. The highest BCUT2D eigenvalue weighted by Crippen LogP contribution is 2.22. The molecule has 0 saturated carbocycles. The molecular weight excluding hydrogens is 348 g/mol. The van der Waals surface area contributed by atoms with E-state index in [1.54, 1.807) is 0 Å². The number of nitrogens with zero attached hydrogens (tertiary/aromatic N) is 1. The van der Waals surface area contributed by atoms with Crippen molar-refractivity contribution in [3.63, 3.8) is 0 Å². The summed E-state index contributed by atoms with van der Waals surface area (Å²) in [6.45, 7) is 5.57. The molecule has 0 aliphatic carbocycles. The molecule has 3 amide bonds. The van der Waals surface area contributed by atoms with Gasteiger partial charge in [-0.3, -0.25) is 14.5 Å². The zero-order chi connectivity index (χ0) is 20.0. The van der Waals surface area contributed by atoms with Crippen molar-refractivity contribution in [2.75, 3.05) is 25.0 Å². The van der Waals surface area contributed by atoms with E-state index in [9.17, 15) is 19.5 Å². The maximum atomic E-state index is 12.1. The van der Waals surface area contributed by atoms with Crippen molar-refractivity contribution < 1.29 is 19.5 Å². The Balaban J connectivity index is 1.92. The Morgan fingerprint density at radius 2 is 2.00 bits per heavy atom. The third-order valence-corrected chi connectivity index (χ3v) is 4.55. The largest absolute Gasteiger partial charge is 0.481 e. The number of fused-ring (bicyclic) bond motifs is 1. The van der Waals surface area contributed by atoms with Gasteiger partial charge in [0, 0.05) is 25.3 Å². The van der Waals surface area contributed by atoms with Crippen LogP contribution in [0.4, 0.5) is 10.5 Å². The van der Waals surface area contributed by atoms with E-state index in [-0.39, 0.29) is 24.9 Å². The molecule has 8 nitrogen and oxygen atoms in total. The van der Waals surface area contributed by atoms with E-state index < -0.39 is 17.9 Å². The molecule has 2 rings (SSSR count). The zero-order valence-electron chi connectivity index (χ0n) is 15.8. The van der Waals surface area contributed by atoms with Crippen LogP contribution >= 0.6 is 0 Å². The lowest BCUT2D eigenvalue weighted by molar-refractivity contribution is -0.142. The highest BCUT2D eigenvalue weighted by atomic mass is 16.4.